The smallest absolute Gasteiger partial charge is 0.238 e. The zero-order valence-electron chi connectivity index (χ0n) is 11.5. The number of carbonyl (C=O) groups excluding carboxylic acids is 1. The average Bonchev–Trinajstić information content (AvgIpc) is 2.54. The Morgan fingerprint density at radius 2 is 1.96 bits per heavy atom. The molecule has 1 heterocycles. The molecular formula is C14H10BrCl2FN2O2S. The van der Waals surface area contributed by atoms with E-state index in [1.165, 1.54) is 0 Å². The van der Waals surface area contributed by atoms with Crippen LogP contribution in [0, 0.1) is 5.95 Å². The monoisotopic (exact) mass is 438 g/mol. The zero-order chi connectivity index (χ0) is 17.0. The number of benzene rings is 1. The Kier molecular flexibility index (Phi) is 6.52. The minimum atomic E-state index is -1.00. The maximum atomic E-state index is 13.4. The highest BCUT2D eigenvalue weighted by Gasteiger charge is 2.17. The van der Waals surface area contributed by atoms with Gasteiger partial charge in [0.2, 0.25) is 16.9 Å². The molecule has 0 bridgehead atoms. The third-order valence-corrected chi connectivity index (χ3v) is 4.85. The number of rotatable bonds is 5. The van der Waals surface area contributed by atoms with Crippen LogP contribution in [0.5, 0.6) is 5.88 Å². The number of anilines is 1. The van der Waals surface area contributed by atoms with Gasteiger partial charge in [0.15, 0.2) is 6.61 Å². The summed E-state index contributed by atoms with van der Waals surface area (Å²) in [5.74, 6) is -0.768. The first-order valence-corrected chi connectivity index (χ1v) is 8.74. The molecule has 9 heteroatoms. The standard InChI is InChI=1S/C14H10BrCl2FN2O2S/c15-8-3-1-7(2-4-8)6-23-9(21)5-22-14-11(17)12(19)10(16)13(18)20-14/h1-4H,5-6H2,(H2,19,20). The Morgan fingerprint density at radius 3 is 2.61 bits per heavy atom. The fourth-order valence-corrected chi connectivity index (χ4v) is 2.82. The number of carbonyl (C=O) groups is 1. The van der Waals surface area contributed by atoms with Crippen LogP contribution in [-0.2, 0) is 10.5 Å². The third-order valence-electron chi connectivity index (χ3n) is 2.68. The van der Waals surface area contributed by atoms with Gasteiger partial charge in [0, 0.05) is 10.2 Å². The number of nitrogen functional groups attached to an aromatic ring is 1. The number of nitrogens with two attached hydrogens (primary N) is 1. The van der Waals surface area contributed by atoms with Crippen LogP contribution in [0.2, 0.25) is 10.0 Å². The lowest BCUT2D eigenvalue weighted by Crippen LogP contribution is -2.10. The molecule has 0 aliphatic heterocycles. The summed E-state index contributed by atoms with van der Waals surface area (Å²) in [6.07, 6.45) is 0. The second kappa shape index (κ2) is 8.19. The van der Waals surface area contributed by atoms with Gasteiger partial charge in [-0.1, -0.05) is 63.0 Å². The first-order chi connectivity index (χ1) is 10.9. The van der Waals surface area contributed by atoms with Gasteiger partial charge in [-0.25, -0.2) is 0 Å². The first-order valence-electron chi connectivity index (χ1n) is 6.21. The second-order valence-corrected chi connectivity index (χ2v) is 7.03. The molecule has 0 unspecified atom stereocenters. The normalized spacial score (nSPS) is 10.6. The summed E-state index contributed by atoms with van der Waals surface area (Å²) in [4.78, 5) is 15.2. The van der Waals surface area contributed by atoms with E-state index in [1.807, 2.05) is 24.3 Å². The van der Waals surface area contributed by atoms with E-state index in [9.17, 15) is 9.18 Å². The van der Waals surface area contributed by atoms with Gasteiger partial charge in [-0.15, -0.1) is 0 Å². The highest BCUT2D eigenvalue weighted by molar-refractivity contribution is 9.10. The fourth-order valence-electron chi connectivity index (χ4n) is 1.52. The quantitative estimate of drug-likeness (QED) is 0.683. The molecule has 0 atom stereocenters. The predicted molar refractivity (Wildman–Crippen MR) is 94.6 cm³/mol. The highest BCUT2D eigenvalue weighted by atomic mass is 79.9. The van der Waals surface area contributed by atoms with E-state index in [0.29, 0.717) is 5.75 Å². The number of nitrogens with zero attached hydrogens (tertiary/aromatic N) is 1. The number of pyridine rings is 1. The predicted octanol–water partition coefficient (Wildman–Crippen LogP) is 4.71. The van der Waals surface area contributed by atoms with Gasteiger partial charge in [-0.3, -0.25) is 4.79 Å². The van der Waals surface area contributed by atoms with Crippen molar-refractivity contribution in [1.29, 1.82) is 0 Å². The van der Waals surface area contributed by atoms with Crippen molar-refractivity contribution in [3.63, 3.8) is 0 Å². The summed E-state index contributed by atoms with van der Waals surface area (Å²) in [5.41, 5.74) is 6.33. The number of ether oxygens (including phenoxy) is 1. The molecule has 0 spiro atoms. The molecule has 23 heavy (non-hydrogen) atoms. The molecular weight excluding hydrogens is 430 g/mol. The van der Waals surface area contributed by atoms with Gasteiger partial charge >= 0.3 is 0 Å². The van der Waals surface area contributed by atoms with E-state index in [4.69, 9.17) is 33.7 Å². The van der Waals surface area contributed by atoms with Crippen LogP contribution in [0.1, 0.15) is 5.56 Å². The van der Waals surface area contributed by atoms with Crippen LogP contribution < -0.4 is 10.5 Å². The molecule has 0 saturated carbocycles. The summed E-state index contributed by atoms with van der Waals surface area (Å²) in [6, 6.07) is 7.58. The van der Waals surface area contributed by atoms with Crippen molar-refractivity contribution in [2.24, 2.45) is 0 Å². The Balaban J connectivity index is 1.91. The number of aromatic nitrogens is 1. The number of hydrogen-bond donors (Lipinski definition) is 1. The van der Waals surface area contributed by atoms with Crippen LogP contribution in [0.15, 0.2) is 28.7 Å². The summed E-state index contributed by atoms with van der Waals surface area (Å²) in [5, 5.41) is -0.750. The number of halogens is 4. The van der Waals surface area contributed by atoms with Crippen LogP contribution in [-0.4, -0.2) is 16.7 Å². The van der Waals surface area contributed by atoms with Crippen LogP contribution in [0.25, 0.3) is 0 Å². The fraction of sp³-hybridized carbons (Fsp3) is 0.143. The SMILES string of the molecule is Nc1c(Cl)c(F)nc(OCC(=O)SCc2ccc(Br)cc2)c1Cl. The minimum absolute atomic E-state index is 0.123. The van der Waals surface area contributed by atoms with Crippen molar-refractivity contribution in [2.45, 2.75) is 5.75 Å². The van der Waals surface area contributed by atoms with E-state index in [0.717, 1.165) is 21.8 Å². The van der Waals surface area contributed by atoms with Gasteiger partial charge in [-0.2, -0.15) is 9.37 Å². The molecule has 122 valence electrons. The maximum Gasteiger partial charge on any atom is 0.238 e. The number of hydrogen-bond acceptors (Lipinski definition) is 5. The van der Waals surface area contributed by atoms with E-state index in [2.05, 4.69) is 20.9 Å². The van der Waals surface area contributed by atoms with Gasteiger partial charge in [-0.05, 0) is 17.7 Å². The second-order valence-electron chi connectivity index (χ2n) is 4.33. The lowest BCUT2D eigenvalue weighted by atomic mass is 10.2. The lowest BCUT2D eigenvalue weighted by Gasteiger charge is -2.09. The van der Waals surface area contributed by atoms with Crippen molar-refractivity contribution in [2.75, 3.05) is 12.3 Å². The Labute approximate surface area is 154 Å². The summed E-state index contributed by atoms with van der Waals surface area (Å²) in [6.45, 7) is -0.311. The summed E-state index contributed by atoms with van der Waals surface area (Å²) in [7, 11) is 0. The van der Waals surface area contributed by atoms with Crippen LogP contribution >= 0.6 is 50.9 Å². The average molecular weight is 440 g/mol. The highest BCUT2D eigenvalue weighted by Crippen LogP contribution is 2.35. The first kappa shape index (κ1) is 18.3. The maximum absolute atomic E-state index is 13.4. The largest absolute Gasteiger partial charge is 0.467 e. The molecule has 0 saturated heterocycles. The Morgan fingerprint density at radius 1 is 1.30 bits per heavy atom. The van der Waals surface area contributed by atoms with E-state index < -0.39 is 5.95 Å². The molecule has 1 aromatic carbocycles. The Bertz CT molecular complexity index is 732. The molecule has 2 aromatic rings. The third kappa shape index (κ3) is 4.97. The van der Waals surface area contributed by atoms with Gasteiger partial charge in [0.1, 0.15) is 10.0 Å². The minimum Gasteiger partial charge on any atom is -0.467 e. The van der Waals surface area contributed by atoms with Crippen molar-refractivity contribution in [1.82, 2.24) is 4.98 Å². The molecule has 2 rings (SSSR count). The molecule has 1 aromatic heterocycles. The molecule has 0 amide bonds. The molecule has 0 aliphatic carbocycles. The van der Waals surface area contributed by atoms with Gasteiger partial charge in [0.25, 0.3) is 0 Å². The van der Waals surface area contributed by atoms with Crippen molar-refractivity contribution in [3.8, 4) is 5.88 Å². The van der Waals surface area contributed by atoms with Crippen LogP contribution in [0.4, 0.5) is 10.1 Å². The molecule has 0 radical (unpaired) electrons. The topological polar surface area (TPSA) is 65.2 Å². The zero-order valence-corrected chi connectivity index (χ0v) is 15.4. The molecule has 2 N–H and O–H groups in total. The number of thioether (sulfide) groups is 1. The van der Waals surface area contributed by atoms with Crippen molar-refractivity contribution in [3.05, 3.63) is 50.3 Å². The Hall–Kier alpha value is -1.02. The summed E-state index contributed by atoms with van der Waals surface area (Å²) >= 11 is 15.8. The van der Waals surface area contributed by atoms with Gasteiger partial charge in [0.05, 0.1) is 5.69 Å². The molecule has 0 aliphatic rings. The molecule has 0 fully saturated rings. The van der Waals surface area contributed by atoms with E-state index >= 15 is 0 Å². The summed E-state index contributed by atoms with van der Waals surface area (Å²) < 4.78 is 19.5. The van der Waals surface area contributed by atoms with Crippen molar-refractivity contribution < 1.29 is 13.9 Å². The van der Waals surface area contributed by atoms with E-state index in [-0.39, 0.29) is 33.3 Å². The van der Waals surface area contributed by atoms with Gasteiger partial charge < -0.3 is 10.5 Å². The molecule has 4 nitrogen and oxygen atoms in total. The van der Waals surface area contributed by atoms with E-state index in [1.54, 1.807) is 0 Å². The lowest BCUT2D eigenvalue weighted by molar-refractivity contribution is -0.112. The van der Waals surface area contributed by atoms with Crippen molar-refractivity contribution >= 4 is 61.7 Å². The van der Waals surface area contributed by atoms with Crippen LogP contribution in [0.3, 0.4) is 0 Å².